The Morgan fingerprint density at radius 1 is 0.963 bits per heavy atom. The third-order valence-electron chi connectivity index (χ3n) is 3.92. The van der Waals surface area contributed by atoms with Crippen LogP contribution in [0.1, 0.15) is 11.3 Å². The summed E-state index contributed by atoms with van der Waals surface area (Å²) in [6.07, 6.45) is 1.62. The van der Waals surface area contributed by atoms with Crippen molar-refractivity contribution in [2.24, 2.45) is 0 Å². The molecule has 134 valence electrons. The zero-order chi connectivity index (χ0) is 18.8. The van der Waals surface area contributed by atoms with E-state index in [1.807, 2.05) is 43.3 Å². The number of aryl methyl sites for hydroxylation is 1. The fourth-order valence-electron chi connectivity index (χ4n) is 2.59. The molecule has 3 aromatic rings. The number of para-hydroxylation sites is 1. The van der Waals surface area contributed by atoms with E-state index in [9.17, 15) is 9.59 Å². The summed E-state index contributed by atoms with van der Waals surface area (Å²) in [6.45, 7) is 2.04. The van der Waals surface area contributed by atoms with Crippen molar-refractivity contribution in [2.45, 2.75) is 16.9 Å². The first kappa shape index (κ1) is 17.7. The van der Waals surface area contributed by atoms with Gasteiger partial charge in [-0.15, -0.1) is 0 Å². The molecule has 2 heterocycles. The second-order valence-electron chi connectivity index (χ2n) is 5.92. The maximum atomic E-state index is 12.6. The molecule has 0 unspecified atom stereocenters. The highest BCUT2D eigenvalue weighted by Crippen LogP contribution is 2.36. The molecule has 1 aliphatic rings. The van der Waals surface area contributed by atoms with E-state index in [0.29, 0.717) is 16.4 Å². The number of imide groups is 1. The Morgan fingerprint density at radius 3 is 2.44 bits per heavy atom. The first-order chi connectivity index (χ1) is 13.1. The molecule has 1 aromatic heterocycles. The van der Waals surface area contributed by atoms with Gasteiger partial charge in [-0.3, -0.25) is 9.59 Å². The number of nitrogens with zero attached hydrogens (tertiary/aromatic N) is 1. The van der Waals surface area contributed by atoms with Gasteiger partial charge in [0.25, 0.3) is 11.1 Å². The monoisotopic (exact) mass is 393 g/mol. The number of hydrogen-bond donors (Lipinski definition) is 0. The van der Waals surface area contributed by atoms with Crippen LogP contribution in [-0.2, 0) is 4.79 Å². The van der Waals surface area contributed by atoms with Gasteiger partial charge in [-0.25, -0.2) is 4.90 Å². The highest BCUT2D eigenvalue weighted by Gasteiger charge is 2.36. The molecule has 0 radical (unpaired) electrons. The predicted molar refractivity (Wildman–Crippen MR) is 109 cm³/mol. The van der Waals surface area contributed by atoms with Crippen molar-refractivity contribution in [3.05, 3.63) is 83.0 Å². The molecule has 2 amide bonds. The van der Waals surface area contributed by atoms with Crippen molar-refractivity contribution in [3.8, 4) is 0 Å². The standard InChI is InChI=1S/C21H15NO3S2/c1-14-7-10-17(11-8-14)26-19-12-9-16(25-19)13-18-20(23)22(21(24)27-18)15-5-3-2-4-6-15/h2-13H,1H3/b18-13+. The van der Waals surface area contributed by atoms with Crippen LogP contribution < -0.4 is 4.90 Å². The SMILES string of the molecule is Cc1ccc(Sc2ccc(/C=C3/SC(=O)N(c4ccccc4)C3=O)o2)cc1. The second-order valence-corrected chi connectivity index (χ2v) is 8.00. The van der Waals surface area contributed by atoms with E-state index in [4.69, 9.17) is 4.42 Å². The van der Waals surface area contributed by atoms with E-state index in [1.54, 1.807) is 36.4 Å². The number of furan rings is 1. The number of carbonyl (C=O) groups excluding carboxylic acids is 2. The van der Waals surface area contributed by atoms with Crippen molar-refractivity contribution in [1.82, 2.24) is 0 Å². The van der Waals surface area contributed by atoms with Gasteiger partial charge in [0.1, 0.15) is 5.76 Å². The molecule has 2 aromatic carbocycles. The van der Waals surface area contributed by atoms with Crippen molar-refractivity contribution in [3.63, 3.8) is 0 Å². The molecule has 4 nitrogen and oxygen atoms in total. The molecule has 0 atom stereocenters. The quantitative estimate of drug-likeness (QED) is 0.510. The van der Waals surface area contributed by atoms with Gasteiger partial charge in [-0.2, -0.15) is 0 Å². The van der Waals surface area contributed by atoms with Crippen LogP contribution in [0.3, 0.4) is 0 Å². The van der Waals surface area contributed by atoms with Crippen LogP contribution in [0.5, 0.6) is 0 Å². The van der Waals surface area contributed by atoms with Crippen molar-refractivity contribution < 1.29 is 14.0 Å². The van der Waals surface area contributed by atoms with E-state index in [-0.39, 0.29) is 11.1 Å². The summed E-state index contributed by atoms with van der Waals surface area (Å²) in [6, 6.07) is 20.7. The number of thioether (sulfide) groups is 1. The predicted octanol–water partition coefficient (Wildman–Crippen LogP) is 5.98. The molecule has 6 heteroatoms. The minimum atomic E-state index is -0.333. The Balaban J connectivity index is 1.52. The number of amides is 2. The zero-order valence-corrected chi connectivity index (χ0v) is 16.0. The first-order valence-electron chi connectivity index (χ1n) is 8.27. The van der Waals surface area contributed by atoms with Crippen molar-refractivity contribution >= 4 is 46.4 Å². The molecular weight excluding hydrogens is 378 g/mol. The number of benzene rings is 2. The summed E-state index contributed by atoms with van der Waals surface area (Å²) < 4.78 is 5.80. The van der Waals surface area contributed by atoms with E-state index in [0.717, 1.165) is 21.7 Å². The number of anilines is 1. The summed E-state index contributed by atoms with van der Waals surface area (Å²) in [7, 11) is 0. The molecule has 27 heavy (non-hydrogen) atoms. The van der Waals surface area contributed by atoms with Crippen molar-refractivity contribution in [1.29, 1.82) is 0 Å². The molecule has 0 bridgehead atoms. The lowest BCUT2D eigenvalue weighted by molar-refractivity contribution is -0.113. The molecule has 0 N–H and O–H groups in total. The minimum Gasteiger partial charge on any atom is -0.450 e. The van der Waals surface area contributed by atoms with E-state index < -0.39 is 0 Å². The first-order valence-corrected chi connectivity index (χ1v) is 9.91. The van der Waals surface area contributed by atoms with Gasteiger partial charge >= 0.3 is 0 Å². The van der Waals surface area contributed by atoms with Gasteiger partial charge in [0.15, 0.2) is 5.09 Å². The molecule has 1 saturated heterocycles. The smallest absolute Gasteiger partial charge is 0.298 e. The van der Waals surface area contributed by atoms with E-state index in [1.165, 1.54) is 22.2 Å². The maximum absolute atomic E-state index is 12.6. The Kier molecular flexibility index (Phi) is 4.92. The van der Waals surface area contributed by atoms with Crippen LogP contribution in [0, 0.1) is 6.92 Å². The summed E-state index contributed by atoms with van der Waals surface area (Å²) in [5.41, 5.74) is 1.77. The number of hydrogen-bond acceptors (Lipinski definition) is 5. The summed E-state index contributed by atoms with van der Waals surface area (Å²) >= 11 is 2.43. The Labute approximate surface area is 165 Å². The van der Waals surface area contributed by atoms with Crippen LogP contribution in [0.15, 0.2) is 86.0 Å². The van der Waals surface area contributed by atoms with Gasteiger partial charge in [0, 0.05) is 11.0 Å². The van der Waals surface area contributed by atoms with Crippen LogP contribution in [0.4, 0.5) is 10.5 Å². The second kappa shape index (κ2) is 7.50. The zero-order valence-electron chi connectivity index (χ0n) is 14.4. The van der Waals surface area contributed by atoms with Gasteiger partial charge in [-0.1, -0.05) is 47.7 Å². The molecule has 0 saturated carbocycles. The van der Waals surface area contributed by atoms with Crippen LogP contribution in [0.25, 0.3) is 6.08 Å². The minimum absolute atomic E-state index is 0.307. The number of carbonyl (C=O) groups is 2. The van der Waals surface area contributed by atoms with Gasteiger partial charge in [0.2, 0.25) is 0 Å². The maximum Gasteiger partial charge on any atom is 0.298 e. The molecular formula is C21H15NO3S2. The molecule has 0 spiro atoms. The lowest BCUT2D eigenvalue weighted by Gasteiger charge is -2.11. The largest absolute Gasteiger partial charge is 0.450 e. The average Bonchev–Trinajstić information content (AvgIpc) is 3.22. The molecule has 4 rings (SSSR count). The highest BCUT2D eigenvalue weighted by molar-refractivity contribution is 8.19. The van der Waals surface area contributed by atoms with Crippen LogP contribution in [0.2, 0.25) is 0 Å². The summed E-state index contributed by atoms with van der Waals surface area (Å²) in [4.78, 5) is 27.5. The normalized spacial score (nSPS) is 15.7. The summed E-state index contributed by atoms with van der Waals surface area (Å²) in [5.74, 6) is 0.212. The van der Waals surface area contributed by atoms with Crippen molar-refractivity contribution in [2.75, 3.05) is 4.90 Å². The third kappa shape index (κ3) is 3.86. The fraction of sp³-hybridized carbons (Fsp3) is 0.0476. The molecule has 0 aliphatic carbocycles. The summed E-state index contributed by atoms with van der Waals surface area (Å²) in [5, 5.41) is 0.422. The van der Waals surface area contributed by atoms with Gasteiger partial charge < -0.3 is 4.42 Å². The lowest BCUT2D eigenvalue weighted by Crippen LogP contribution is -2.27. The Bertz CT molecular complexity index is 1020. The Hall–Kier alpha value is -2.70. The third-order valence-corrected chi connectivity index (χ3v) is 5.72. The average molecular weight is 393 g/mol. The molecule has 1 aliphatic heterocycles. The number of rotatable bonds is 4. The topological polar surface area (TPSA) is 50.5 Å². The van der Waals surface area contributed by atoms with E-state index >= 15 is 0 Å². The van der Waals surface area contributed by atoms with Gasteiger partial charge in [0.05, 0.1) is 10.6 Å². The molecule has 1 fully saturated rings. The van der Waals surface area contributed by atoms with Crippen LogP contribution in [-0.4, -0.2) is 11.1 Å². The van der Waals surface area contributed by atoms with Crippen LogP contribution >= 0.6 is 23.5 Å². The highest BCUT2D eigenvalue weighted by atomic mass is 32.2. The van der Waals surface area contributed by atoms with Gasteiger partial charge in [-0.05, 0) is 55.1 Å². The van der Waals surface area contributed by atoms with E-state index in [2.05, 4.69) is 0 Å². The lowest BCUT2D eigenvalue weighted by atomic mass is 10.2. The fourth-order valence-corrected chi connectivity index (χ4v) is 4.19. The Morgan fingerprint density at radius 2 is 1.70 bits per heavy atom.